The van der Waals surface area contributed by atoms with Crippen LogP contribution in [-0.2, 0) is 4.79 Å². The molecule has 2 N–H and O–H groups in total. The molecule has 1 saturated carbocycles. The minimum atomic E-state index is -0.145. The van der Waals surface area contributed by atoms with E-state index in [1.807, 2.05) is 32.5 Å². The van der Waals surface area contributed by atoms with E-state index in [-0.39, 0.29) is 11.4 Å². The SMILES string of the molecule is CC(C)(C)NC(=O)CCNC1=NCC(C2CC2)S1. The van der Waals surface area contributed by atoms with E-state index in [9.17, 15) is 4.79 Å². The number of hydrogen-bond donors (Lipinski definition) is 2. The molecule has 1 unspecified atom stereocenters. The van der Waals surface area contributed by atoms with Gasteiger partial charge in [0, 0.05) is 23.8 Å². The Kier molecular flexibility index (Phi) is 4.20. The first-order valence-electron chi connectivity index (χ1n) is 6.70. The molecule has 1 aliphatic heterocycles. The van der Waals surface area contributed by atoms with E-state index in [0.717, 1.165) is 17.6 Å². The van der Waals surface area contributed by atoms with Crippen molar-refractivity contribution in [2.45, 2.75) is 50.8 Å². The zero-order valence-corrected chi connectivity index (χ0v) is 12.3. The normalized spacial score (nSPS) is 23.7. The summed E-state index contributed by atoms with van der Waals surface area (Å²) in [4.78, 5) is 16.1. The number of rotatable bonds is 4. The van der Waals surface area contributed by atoms with Gasteiger partial charge in [0.1, 0.15) is 0 Å². The zero-order valence-electron chi connectivity index (χ0n) is 11.5. The lowest BCUT2D eigenvalue weighted by Crippen LogP contribution is -2.41. The Hall–Kier alpha value is -0.710. The molecule has 2 rings (SSSR count). The summed E-state index contributed by atoms with van der Waals surface area (Å²) in [6, 6.07) is 0. The van der Waals surface area contributed by atoms with Crippen LogP contribution in [0.4, 0.5) is 0 Å². The van der Waals surface area contributed by atoms with Gasteiger partial charge in [0.25, 0.3) is 0 Å². The predicted octanol–water partition coefficient (Wildman–Crippen LogP) is 1.76. The third kappa shape index (κ3) is 4.52. The van der Waals surface area contributed by atoms with E-state index in [4.69, 9.17) is 0 Å². The zero-order chi connectivity index (χ0) is 13.2. The highest BCUT2D eigenvalue weighted by Crippen LogP contribution is 2.41. The topological polar surface area (TPSA) is 53.5 Å². The fourth-order valence-electron chi connectivity index (χ4n) is 1.97. The van der Waals surface area contributed by atoms with Gasteiger partial charge in [-0.2, -0.15) is 0 Å². The summed E-state index contributed by atoms with van der Waals surface area (Å²) in [6.45, 7) is 7.61. The molecule has 18 heavy (non-hydrogen) atoms. The summed E-state index contributed by atoms with van der Waals surface area (Å²) < 4.78 is 0. The summed E-state index contributed by atoms with van der Waals surface area (Å²) in [5, 5.41) is 7.93. The molecule has 2 aliphatic rings. The Morgan fingerprint density at radius 2 is 2.17 bits per heavy atom. The van der Waals surface area contributed by atoms with E-state index < -0.39 is 0 Å². The molecule has 0 aromatic rings. The maximum Gasteiger partial charge on any atom is 0.222 e. The van der Waals surface area contributed by atoms with Crippen LogP contribution in [0.2, 0.25) is 0 Å². The Balaban J connectivity index is 1.59. The molecule has 102 valence electrons. The maximum atomic E-state index is 11.6. The number of amides is 1. The highest BCUT2D eigenvalue weighted by Gasteiger charge is 2.35. The Labute approximate surface area is 113 Å². The van der Waals surface area contributed by atoms with Gasteiger partial charge < -0.3 is 10.6 Å². The van der Waals surface area contributed by atoms with Crippen LogP contribution in [-0.4, -0.2) is 35.0 Å². The van der Waals surface area contributed by atoms with Gasteiger partial charge in [-0.1, -0.05) is 11.8 Å². The lowest BCUT2D eigenvalue weighted by atomic mass is 10.1. The highest BCUT2D eigenvalue weighted by molar-refractivity contribution is 8.14. The van der Waals surface area contributed by atoms with Crippen molar-refractivity contribution in [3.63, 3.8) is 0 Å². The summed E-state index contributed by atoms with van der Waals surface area (Å²) in [6.07, 6.45) is 3.24. The average molecular weight is 269 g/mol. The maximum absolute atomic E-state index is 11.6. The van der Waals surface area contributed by atoms with Gasteiger partial charge in [0.05, 0.1) is 6.54 Å². The average Bonchev–Trinajstić information content (AvgIpc) is 2.97. The van der Waals surface area contributed by atoms with Crippen molar-refractivity contribution in [3.05, 3.63) is 0 Å². The lowest BCUT2D eigenvalue weighted by Gasteiger charge is -2.20. The Morgan fingerprint density at radius 3 is 2.78 bits per heavy atom. The van der Waals surface area contributed by atoms with Crippen molar-refractivity contribution in [3.8, 4) is 0 Å². The molecule has 0 saturated heterocycles. The first-order chi connectivity index (χ1) is 8.44. The number of nitrogens with zero attached hydrogens (tertiary/aromatic N) is 1. The molecule has 1 atom stereocenters. The molecular formula is C13H23N3OS. The number of hydrogen-bond acceptors (Lipinski definition) is 4. The molecule has 5 heteroatoms. The van der Waals surface area contributed by atoms with Crippen molar-refractivity contribution in [1.29, 1.82) is 0 Å². The Morgan fingerprint density at radius 1 is 1.44 bits per heavy atom. The summed E-state index contributed by atoms with van der Waals surface area (Å²) in [5.41, 5.74) is -0.145. The number of aliphatic imine (C=N–C) groups is 1. The summed E-state index contributed by atoms with van der Waals surface area (Å²) in [5.74, 6) is 0.986. The van der Waals surface area contributed by atoms with E-state index >= 15 is 0 Å². The van der Waals surface area contributed by atoms with Gasteiger partial charge in [0.2, 0.25) is 5.91 Å². The van der Waals surface area contributed by atoms with Crippen LogP contribution in [0, 0.1) is 5.92 Å². The second kappa shape index (κ2) is 5.51. The smallest absolute Gasteiger partial charge is 0.222 e. The molecule has 0 spiro atoms. The third-order valence-corrected chi connectivity index (χ3v) is 4.30. The van der Waals surface area contributed by atoms with E-state index in [1.54, 1.807) is 0 Å². The van der Waals surface area contributed by atoms with Crippen LogP contribution < -0.4 is 10.6 Å². The molecule has 4 nitrogen and oxygen atoms in total. The fourth-order valence-corrected chi connectivity index (χ4v) is 3.20. The van der Waals surface area contributed by atoms with Gasteiger partial charge in [-0.15, -0.1) is 0 Å². The van der Waals surface area contributed by atoms with Crippen LogP contribution >= 0.6 is 11.8 Å². The minimum absolute atomic E-state index is 0.0948. The fraction of sp³-hybridized carbons (Fsp3) is 0.846. The van der Waals surface area contributed by atoms with Crippen LogP contribution in [0.25, 0.3) is 0 Å². The van der Waals surface area contributed by atoms with Crippen molar-refractivity contribution in [1.82, 2.24) is 10.6 Å². The molecule has 0 aromatic heterocycles. The second-order valence-corrected chi connectivity index (χ2v) is 7.34. The van der Waals surface area contributed by atoms with Gasteiger partial charge in [-0.05, 0) is 39.5 Å². The summed E-state index contributed by atoms with van der Waals surface area (Å²) >= 11 is 1.85. The first kappa shape index (κ1) is 13.7. The van der Waals surface area contributed by atoms with Gasteiger partial charge >= 0.3 is 0 Å². The largest absolute Gasteiger partial charge is 0.364 e. The predicted molar refractivity (Wildman–Crippen MR) is 76.9 cm³/mol. The number of carbonyl (C=O) groups excluding carboxylic acids is 1. The Bertz CT molecular complexity index is 345. The standard InChI is InChI=1S/C13H23N3OS/c1-13(2,3)16-11(17)6-7-14-12-15-8-10(18-12)9-4-5-9/h9-10H,4-8H2,1-3H3,(H,14,15)(H,16,17). The number of amidine groups is 1. The third-order valence-electron chi connectivity index (χ3n) is 2.97. The van der Waals surface area contributed by atoms with Gasteiger partial charge in [-0.3, -0.25) is 9.79 Å². The van der Waals surface area contributed by atoms with Crippen LogP contribution in [0.3, 0.4) is 0 Å². The number of nitrogens with one attached hydrogen (secondary N) is 2. The molecular weight excluding hydrogens is 246 g/mol. The molecule has 1 heterocycles. The monoisotopic (exact) mass is 269 g/mol. The minimum Gasteiger partial charge on any atom is -0.364 e. The number of thioether (sulfide) groups is 1. The van der Waals surface area contributed by atoms with Crippen molar-refractivity contribution in [2.24, 2.45) is 10.9 Å². The van der Waals surface area contributed by atoms with Gasteiger partial charge in [-0.25, -0.2) is 0 Å². The van der Waals surface area contributed by atoms with Crippen molar-refractivity contribution >= 4 is 22.8 Å². The lowest BCUT2D eigenvalue weighted by molar-refractivity contribution is -0.122. The molecule has 0 bridgehead atoms. The van der Waals surface area contributed by atoms with Crippen LogP contribution in [0.1, 0.15) is 40.0 Å². The summed E-state index contributed by atoms with van der Waals surface area (Å²) in [7, 11) is 0. The quantitative estimate of drug-likeness (QED) is 0.818. The molecule has 1 amide bonds. The second-order valence-electron chi connectivity index (χ2n) is 6.11. The highest BCUT2D eigenvalue weighted by atomic mass is 32.2. The van der Waals surface area contributed by atoms with Crippen LogP contribution in [0.15, 0.2) is 4.99 Å². The van der Waals surface area contributed by atoms with E-state index in [2.05, 4.69) is 15.6 Å². The van der Waals surface area contributed by atoms with E-state index in [0.29, 0.717) is 18.2 Å². The molecule has 0 radical (unpaired) electrons. The molecule has 1 fully saturated rings. The number of carbonyl (C=O) groups is 1. The first-order valence-corrected chi connectivity index (χ1v) is 7.58. The molecule has 0 aromatic carbocycles. The van der Waals surface area contributed by atoms with Crippen molar-refractivity contribution < 1.29 is 4.79 Å². The molecule has 1 aliphatic carbocycles. The van der Waals surface area contributed by atoms with Crippen molar-refractivity contribution in [2.75, 3.05) is 13.1 Å². The van der Waals surface area contributed by atoms with Gasteiger partial charge in [0.15, 0.2) is 5.17 Å². The van der Waals surface area contributed by atoms with Crippen LogP contribution in [0.5, 0.6) is 0 Å². The van der Waals surface area contributed by atoms with E-state index in [1.165, 1.54) is 12.8 Å².